The molecule has 1 aromatic heterocycles. The molecule has 2 heterocycles. The lowest BCUT2D eigenvalue weighted by molar-refractivity contribution is 0.0263. The van der Waals surface area contributed by atoms with Gasteiger partial charge in [-0.15, -0.1) is 11.3 Å². The van der Waals surface area contributed by atoms with Crippen molar-refractivity contribution >= 4 is 34.4 Å². The number of esters is 1. The molecule has 0 radical (unpaired) electrons. The van der Waals surface area contributed by atoms with Gasteiger partial charge < -0.3 is 19.4 Å². The van der Waals surface area contributed by atoms with E-state index in [4.69, 9.17) is 4.74 Å². The van der Waals surface area contributed by atoms with Crippen LogP contribution in [0.15, 0.2) is 53.9 Å². The van der Waals surface area contributed by atoms with Gasteiger partial charge in [0.1, 0.15) is 0 Å². The van der Waals surface area contributed by atoms with Gasteiger partial charge in [-0.1, -0.05) is 18.2 Å². The summed E-state index contributed by atoms with van der Waals surface area (Å²) in [6, 6.07) is 16.8. The lowest BCUT2D eigenvalue weighted by atomic mass is 9.82. The molecule has 1 unspecified atom stereocenters. The highest BCUT2D eigenvalue weighted by Gasteiger charge is 2.51. The minimum absolute atomic E-state index is 0.273. The van der Waals surface area contributed by atoms with E-state index in [1.165, 1.54) is 5.69 Å². The number of anilines is 3. The van der Waals surface area contributed by atoms with E-state index in [-0.39, 0.29) is 5.97 Å². The van der Waals surface area contributed by atoms with Gasteiger partial charge in [-0.3, -0.25) is 0 Å². The van der Waals surface area contributed by atoms with Crippen molar-refractivity contribution in [2.75, 3.05) is 55.0 Å². The minimum atomic E-state index is -0.967. The van der Waals surface area contributed by atoms with Gasteiger partial charge in [0.25, 0.3) is 0 Å². The van der Waals surface area contributed by atoms with Crippen molar-refractivity contribution in [3.63, 3.8) is 0 Å². The first-order valence-electron chi connectivity index (χ1n) is 12.1. The van der Waals surface area contributed by atoms with Crippen LogP contribution in [0.5, 0.6) is 0 Å². The monoisotopic (exact) mass is 477 g/mol. The molecule has 0 saturated carbocycles. The number of nitrogens with zero attached hydrogens (tertiary/aromatic N) is 3. The topological polar surface area (TPSA) is 36.0 Å². The minimum Gasteiger partial charge on any atom is -0.440 e. The molecule has 5 nitrogen and oxygen atoms in total. The molecule has 0 aliphatic carbocycles. The molecule has 0 spiro atoms. The Hall–Kier alpha value is -2.99. The molecule has 2 aromatic carbocycles. The van der Waals surface area contributed by atoms with Crippen molar-refractivity contribution in [3.8, 4) is 0 Å². The van der Waals surface area contributed by atoms with Crippen LogP contribution in [0.1, 0.15) is 54.1 Å². The average Bonchev–Trinajstić information content (AvgIpc) is 3.48. The van der Waals surface area contributed by atoms with Crippen molar-refractivity contribution in [3.05, 3.63) is 75.5 Å². The predicted molar refractivity (Wildman–Crippen MR) is 144 cm³/mol. The number of rotatable bonds is 9. The Labute approximate surface area is 207 Å². The van der Waals surface area contributed by atoms with Crippen molar-refractivity contribution in [1.29, 1.82) is 0 Å². The molecule has 34 heavy (non-hydrogen) atoms. The Bertz CT molecular complexity index is 1150. The van der Waals surface area contributed by atoms with Crippen LogP contribution in [0.2, 0.25) is 0 Å². The number of cyclic esters (lactones) is 1. The number of fused-ring (bicyclic) bond motifs is 1. The summed E-state index contributed by atoms with van der Waals surface area (Å²) in [5.41, 5.74) is 4.88. The Morgan fingerprint density at radius 2 is 1.47 bits per heavy atom. The first-order chi connectivity index (χ1) is 16.4. The molecular formula is C28H35N3O2S. The van der Waals surface area contributed by atoms with E-state index in [1.807, 2.05) is 31.1 Å². The van der Waals surface area contributed by atoms with Crippen molar-refractivity contribution in [2.24, 2.45) is 0 Å². The van der Waals surface area contributed by atoms with E-state index in [0.717, 1.165) is 53.6 Å². The quantitative estimate of drug-likeness (QED) is 0.355. The molecule has 3 aromatic rings. The summed E-state index contributed by atoms with van der Waals surface area (Å²) < 4.78 is 6.43. The maximum Gasteiger partial charge on any atom is 0.340 e. The van der Waals surface area contributed by atoms with E-state index in [2.05, 4.69) is 79.3 Å². The number of carbonyl (C=O) groups excluding carboxylic acids is 1. The van der Waals surface area contributed by atoms with E-state index in [0.29, 0.717) is 5.56 Å². The molecule has 0 amide bonds. The lowest BCUT2D eigenvalue weighted by Crippen LogP contribution is -2.33. The highest BCUT2D eigenvalue weighted by molar-refractivity contribution is 7.10. The maximum atomic E-state index is 13.4. The van der Waals surface area contributed by atoms with Crippen LogP contribution < -0.4 is 14.7 Å². The van der Waals surface area contributed by atoms with Crippen LogP contribution in [0.3, 0.4) is 0 Å². The maximum absolute atomic E-state index is 13.4. The summed E-state index contributed by atoms with van der Waals surface area (Å²) in [7, 11) is 3.97. The molecule has 180 valence electrons. The molecule has 0 saturated heterocycles. The van der Waals surface area contributed by atoms with Crippen LogP contribution in [0.4, 0.5) is 17.1 Å². The Balaban J connectivity index is 2.02. The Kier molecular flexibility index (Phi) is 6.89. The van der Waals surface area contributed by atoms with Gasteiger partial charge in [0.05, 0.1) is 10.4 Å². The van der Waals surface area contributed by atoms with E-state index < -0.39 is 5.60 Å². The molecular weight excluding hydrogens is 442 g/mol. The zero-order valence-electron chi connectivity index (χ0n) is 21.1. The van der Waals surface area contributed by atoms with Gasteiger partial charge >= 0.3 is 5.97 Å². The number of thiophene rings is 1. The number of carbonyl (C=O) groups is 1. The molecule has 0 fully saturated rings. The van der Waals surface area contributed by atoms with E-state index in [9.17, 15) is 4.79 Å². The fourth-order valence-corrected chi connectivity index (χ4v) is 5.85. The molecule has 4 rings (SSSR count). The van der Waals surface area contributed by atoms with Gasteiger partial charge in [0.2, 0.25) is 0 Å². The third-order valence-corrected chi connectivity index (χ3v) is 7.80. The standard InChI is InChI=1S/C28H35N3O2S/c1-7-30(8-2)21-14-16-24(25(19-21)31(9-3)10-4)28(26-12-11-17-34-26)23-15-13-20(29(5)6)18-22(23)27(32)33-28/h11-19H,7-10H2,1-6H3. The Morgan fingerprint density at radius 1 is 0.824 bits per heavy atom. The van der Waals surface area contributed by atoms with E-state index in [1.54, 1.807) is 11.3 Å². The van der Waals surface area contributed by atoms with E-state index >= 15 is 0 Å². The van der Waals surface area contributed by atoms with Crippen molar-refractivity contribution in [1.82, 2.24) is 0 Å². The third-order valence-electron chi connectivity index (χ3n) is 6.83. The summed E-state index contributed by atoms with van der Waals surface area (Å²) >= 11 is 1.63. The van der Waals surface area contributed by atoms with Crippen LogP contribution in [-0.2, 0) is 10.3 Å². The highest BCUT2D eigenvalue weighted by atomic mass is 32.1. The molecule has 0 bridgehead atoms. The third kappa shape index (κ3) is 3.84. The van der Waals surface area contributed by atoms with Crippen molar-refractivity contribution in [2.45, 2.75) is 33.3 Å². The second-order valence-corrected chi connectivity index (χ2v) is 9.67. The Morgan fingerprint density at radius 3 is 2.06 bits per heavy atom. The number of hydrogen-bond acceptors (Lipinski definition) is 6. The SMILES string of the molecule is CCN(CC)c1ccc(C2(c3cccs3)OC(=O)c3cc(N(C)C)ccc32)c(N(CC)CC)c1. The molecule has 0 N–H and O–H groups in total. The second kappa shape index (κ2) is 9.71. The first kappa shape index (κ1) is 24.1. The van der Waals surface area contributed by atoms with Gasteiger partial charge in [-0.25, -0.2) is 4.79 Å². The molecule has 1 atom stereocenters. The van der Waals surface area contributed by atoms with Gasteiger partial charge in [-0.05, 0) is 63.4 Å². The number of ether oxygens (including phenoxy) is 1. The largest absolute Gasteiger partial charge is 0.440 e. The average molecular weight is 478 g/mol. The molecule has 1 aliphatic heterocycles. The van der Waals surface area contributed by atoms with Gasteiger partial charge in [0, 0.05) is 68.5 Å². The number of benzene rings is 2. The zero-order valence-corrected chi connectivity index (χ0v) is 21.9. The van der Waals surface area contributed by atoms with Gasteiger partial charge in [-0.2, -0.15) is 0 Å². The normalized spacial score (nSPS) is 16.8. The summed E-state index contributed by atoms with van der Waals surface area (Å²) in [6.07, 6.45) is 0. The molecule has 6 heteroatoms. The van der Waals surface area contributed by atoms with Crippen LogP contribution in [0, 0.1) is 0 Å². The second-order valence-electron chi connectivity index (χ2n) is 8.72. The fraction of sp³-hybridized carbons (Fsp3) is 0.393. The highest BCUT2D eigenvalue weighted by Crippen LogP contribution is 2.52. The van der Waals surface area contributed by atoms with Crippen LogP contribution in [-0.4, -0.2) is 46.2 Å². The zero-order chi connectivity index (χ0) is 24.5. The summed E-state index contributed by atoms with van der Waals surface area (Å²) in [5.74, 6) is -0.273. The fourth-order valence-electron chi connectivity index (χ4n) is 4.96. The van der Waals surface area contributed by atoms with Crippen LogP contribution in [0.25, 0.3) is 0 Å². The summed E-state index contributed by atoms with van der Waals surface area (Å²) in [5, 5.41) is 2.05. The van der Waals surface area contributed by atoms with Crippen molar-refractivity contribution < 1.29 is 9.53 Å². The summed E-state index contributed by atoms with van der Waals surface area (Å²) in [6.45, 7) is 12.3. The summed E-state index contributed by atoms with van der Waals surface area (Å²) in [4.78, 5) is 21.1. The van der Waals surface area contributed by atoms with Crippen LogP contribution >= 0.6 is 11.3 Å². The lowest BCUT2D eigenvalue weighted by Gasteiger charge is -2.35. The first-order valence-corrected chi connectivity index (χ1v) is 13.0. The smallest absolute Gasteiger partial charge is 0.340 e. The number of hydrogen-bond donors (Lipinski definition) is 0. The predicted octanol–water partition coefficient (Wildman–Crippen LogP) is 5.97. The molecule has 1 aliphatic rings. The van der Waals surface area contributed by atoms with Gasteiger partial charge in [0.15, 0.2) is 5.60 Å².